The van der Waals surface area contributed by atoms with Gasteiger partial charge in [0.25, 0.3) is 0 Å². The number of carbonyl (C=O) groups excluding carboxylic acids is 3. The minimum absolute atomic E-state index is 0.178. The topological polar surface area (TPSA) is 70.2 Å². The summed E-state index contributed by atoms with van der Waals surface area (Å²) in [4.78, 5) is 45.0. The van der Waals surface area contributed by atoms with Crippen molar-refractivity contribution in [1.82, 2.24) is 14.7 Å². The van der Waals surface area contributed by atoms with Crippen LogP contribution in [-0.2, 0) is 19.1 Å². The Balaban J connectivity index is 1.87. The number of hydrogen-bond acceptors (Lipinski definition) is 5. The van der Waals surface area contributed by atoms with Gasteiger partial charge in [0.1, 0.15) is 6.61 Å². The van der Waals surface area contributed by atoms with E-state index in [0.29, 0.717) is 19.4 Å². The van der Waals surface area contributed by atoms with Gasteiger partial charge in [0, 0.05) is 20.1 Å². The van der Waals surface area contributed by atoms with Gasteiger partial charge in [-0.1, -0.05) is 74.5 Å². The molecule has 0 bridgehead atoms. The van der Waals surface area contributed by atoms with Crippen LogP contribution < -0.4 is 0 Å². The standard InChI is InChI=1S/C28H37N3O4/c1-6-28(7-2)26(34)31(27(28)35-20-23(32)30(5)19-18-29(3)4)25(33)24(21-14-10-8-11-15-21)22-16-12-9-13-17-22/h8-17,24,27H,6-7,18-20H2,1-5H3. The summed E-state index contributed by atoms with van der Waals surface area (Å²) in [5.74, 6) is -1.38. The molecule has 0 aliphatic carbocycles. The maximum atomic E-state index is 13.9. The first-order chi connectivity index (χ1) is 16.8. The van der Waals surface area contributed by atoms with Gasteiger partial charge in [-0.25, -0.2) is 0 Å². The number of nitrogens with zero attached hydrogens (tertiary/aromatic N) is 3. The lowest BCUT2D eigenvalue weighted by Gasteiger charge is -2.54. The molecule has 1 heterocycles. The quantitative estimate of drug-likeness (QED) is 0.462. The van der Waals surface area contributed by atoms with Crippen molar-refractivity contribution in [2.75, 3.05) is 40.8 Å². The Morgan fingerprint density at radius 3 is 1.89 bits per heavy atom. The second-order valence-electron chi connectivity index (χ2n) is 9.41. The van der Waals surface area contributed by atoms with Crippen molar-refractivity contribution in [1.29, 1.82) is 0 Å². The number of hydrogen-bond donors (Lipinski definition) is 0. The molecule has 1 atom stereocenters. The van der Waals surface area contributed by atoms with E-state index in [1.54, 1.807) is 11.9 Å². The molecular weight excluding hydrogens is 442 g/mol. The highest BCUT2D eigenvalue weighted by Gasteiger charge is 2.62. The van der Waals surface area contributed by atoms with Crippen molar-refractivity contribution in [2.24, 2.45) is 5.41 Å². The number of imide groups is 1. The third-order valence-corrected chi connectivity index (χ3v) is 7.04. The van der Waals surface area contributed by atoms with Gasteiger partial charge in [-0.3, -0.25) is 19.3 Å². The van der Waals surface area contributed by atoms with E-state index in [1.807, 2.05) is 93.5 Å². The lowest BCUT2D eigenvalue weighted by molar-refractivity contribution is -0.224. The maximum Gasteiger partial charge on any atom is 0.248 e. The minimum Gasteiger partial charge on any atom is -0.347 e. The van der Waals surface area contributed by atoms with Crippen LogP contribution in [0.3, 0.4) is 0 Å². The Morgan fingerprint density at radius 2 is 1.43 bits per heavy atom. The zero-order valence-corrected chi connectivity index (χ0v) is 21.4. The van der Waals surface area contributed by atoms with E-state index in [2.05, 4.69) is 0 Å². The second kappa shape index (κ2) is 11.6. The van der Waals surface area contributed by atoms with Crippen LogP contribution in [0.4, 0.5) is 0 Å². The highest BCUT2D eigenvalue weighted by atomic mass is 16.5. The number of amides is 3. The molecule has 7 nitrogen and oxygen atoms in total. The van der Waals surface area contributed by atoms with Gasteiger partial charge in [-0.2, -0.15) is 0 Å². The molecule has 1 aliphatic heterocycles. The predicted molar refractivity (Wildman–Crippen MR) is 136 cm³/mol. The molecule has 188 valence electrons. The van der Waals surface area contributed by atoms with Crippen LogP contribution in [0.1, 0.15) is 43.7 Å². The van der Waals surface area contributed by atoms with Crippen LogP contribution in [0.2, 0.25) is 0 Å². The van der Waals surface area contributed by atoms with Crippen molar-refractivity contribution in [3.63, 3.8) is 0 Å². The summed E-state index contributed by atoms with van der Waals surface area (Å²) in [7, 11) is 5.63. The van der Waals surface area contributed by atoms with Crippen molar-refractivity contribution in [3.8, 4) is 0 Å². The number of likely N-dealkylation sites (N-methyl/N-ethyl adjacent to an activating group) is 2. The van der Waals surface area contributed by atoms with Crippen LogP contribution in [-0.4, -0.2) is 79.5 Å². The highest BCUT2D eigenvalue weighted by Crippen LogP contribution is 2.47. The van der Waals surface area contributed by atoms with Crippen molar-refractivity contribution in [2.45, 2.75) is 38.8 Å². The summed E-state index contributed by atoms with van der Waals surface area (Å²) in [6.07, 6.45) is 0.282. The van der Waals surface area contributed by atoms with Gasteiger partial charge in [-0.15, -0.1) is 0 Å². The van der Waals surface area contributed by atoms with Gasteiger partial charge < -0.3 is 14.5 Å². The zero-order chi connectivity index (χ0) is 25.6. The Morgan fingerprint density at radius 1 is 0.914 bits per heavy atom. The van der Waals surface area contributed by atoms with Crippen molar-refractivity contribution in [3.05, 3.63) is 71.8 Å². The Labute approximate surface area is 208 Å². The molecule has 1 fully saturated rings. The molecule has 3 rings (SSSR count). The monoisotopic (exact) mass is 479 g/mol. The summed E-state index contributed by atoms with van der Waals surface area (Å²) >= 11 is 0. The zero-order valence-electron chi connectivity index (χ0n) is 21.4. The summed E-state index contributed by atoms with van der Waals surface area (Å²) in [5.41, 5.74) is 0.802. The SMILES string of the molecule is CCC1(CC)C(=O)N(C(=O)C(c2ccccc2)c2ccccc2)C1OCC(=O)N(C)CCN(C)C. The number of β-lactam (4-membered cyclic amide) rings is 1. The third-order valence-electron chi connectivity index (χ3n) is 7.04. The average Bonchev–Trinajstić information content (AvgIpc) is 2.87. The molecule has 2 aromatic rings. The molecule has 2 aromatic carbocycles. The number of ether oxygens (including phenoxy) is 1. The Bertz CT molecular complexity index is 966. The molecule has 1 unspecified atom stereocenters. The molecule has 7 heteroatoms. The van der Waals surface area contributed by atoms with Gasteiger partial charge >= 0.3 is 0 Å². The molecule has 0 spiro atoms. The fourth-order valence-electron chi connectivity index (χ4n) is 4.63. The van der Waals surface area contributed by atoms with E-state index in [0.717, 1.165) is 17.7 Å². The molecule has 0 aromatic heterocycles. The number of benzene rings is 2. The first kappa shape index (κ1) is 26.6. The van der Waals surface area contributed by atoms with E-state index in [1.165, 1.54) is 4.90 Å². The molecule has 3 amide bonds. The van der Waals surface area contributed by atoms with Gasteiger partial charge in [0.05, 0.1) is 11.3 Å². The molecule has 0 N–H and O–H groups in total. The summed E-state index contributed by atoms with van der Waals surface area (Å²) in [5, 5.41) is 0. The molecule has 1 aliphatic rings. The lowest BCUT2D eigenvalue weighted by Crippen LogP contribution is -2.72. The smallest absolute Gasteiger partial charge is 0.248 e. The van der Waals surface area contributed by atoms with Crippen molar-refractivity contribution < 1.29 is 19.1 Å². The second-order valence-corrected chi connectivity index (χ2v) is 9.41. The molecule has 1 saturated heterocycles. The third kappa shape index (κ3) is 5.46. The van der Waals surface area contributed by atoms with Crippen LogP contribution in [0.15, 0.2) is 60.7 Å². The van der Waals surface area contributed by atoms with E-state index < -0.39 is 17.6 Å². The van der Waals surface area contributed by atoms with Crippen molar-refractivity contribution >= 4 is 17.7 Å². The van der Waals surface area contributed by atoms with Crippen LogP contribution >= 0.6 is 0 Å². The van der Waals surface area contributed by atoms with Gasteiger partial charge in [-0.05, 0) is 38.1 Å². The number of carbonyl (C=O) groups is 3. The van der Waals surface area contributed by atoms with E-state index in [-0.39, 0.29) is 24.3 Å². The van der Waals surface area contributed by atoms with Gasteiger partial charge in [0.15, 0.2) is 6.23 Å². The summed E-state index contributed by atoms with van der Waals surface area (Å²) in [6.45, 7) is 4.97. The fourth-order valence-corrected chi connectivity index (χ4v) is 4.63. The maximum absolute atomic E-state index is 13.9. The first-order valence-corrected chi connectivity index (χ1v) is 12.2. The average molecular weight is 480 g/mol. The van der Waals surface area contributed by atoms with Gasteiger partial charge in [0.2, 0.25) is 17.7 Å². The van der Waals surface area contributed by atoms with Crippen LogP contribution in [0.25, 0.3) is 0 Å². The van der Waals surface area contributed by atoms with E-state index >= 15 is 0 Å². The van der Waals surface area contributed by atoms with Crippen LogP contribution in [0, 0.1) is 5.41 Å². The predicted octanol–water partition coefficient (Wildman–Crippen LogP) is 3.36. The van der Waals surface area contributed by atoms with Crippen LogP contribution in [0.5, 0.6) is 0 Å². The van der Waals surface area contributed by atoms with E-state index in [9.17, 15) is 14.4 Å². The number of rotatable bonds is 11. The largest absolute Gasteiger partial charge is 0.347 e. The lowest BCUT2D eigenvalue weighted by atomic mass is 9.71. The molecule has 35 heavy (non-hydrogen) atoms. The fraction of sp³-hybridized carbons (Fsp3) is 0.464. The normalized spacial score (nSPS) is 16.9. The minimum atomic E-state index is -0.809. The molecule has 0 saturated carbocycles. The highest BCUT2D eigenvalue weighted by molar-refractivity contribution is 6.07. The number of likely N-dealkylation sites (tertiary alicyclic amines) is 1. The van der Waals surface area contributed by atoms with E-state index in [4.69, 9.17) is 4.74 Å². The Kier molecular flexibility index (Phi) is 8.81. The summed E-state index contributed by atoms with van der Waals surface area (Å²) < 4.78 is 6.07. The first-order valence-electron chi connectivity index (χ1n) is 12.2. The summed E-state index contributed by atoms with van der Waals surface area (Å²) in [6, 6.07) is 18.9. The molecule has 0 radical (unpaired) electrons. The molecular formula is C28H37N3O4. The Hall–Kier alpha value is -3.03.